The van der Waals surface area contributed by atoms with Crippen LogP contribution in [0.2, 0.25) is 5.02 Å². The average Bonchev–Trinajstić information content (AvgIpc) is 2.70. The van der Waals surface area contributed by atoms with Gasteiger partial charge in [0.25, 0.3) is 0 Å². The van der Waals surface area contributed by atoms with Crippen molar-refractivity contribution < 1.29 is 9.53 Å². The van der Waals surface area contributed by atoms with Crippen molar-refractivity contribution in [2.45, 2.75) is 13.0 Å². The van der Waals surface area contributed by atoms with Crippen LogP contribution in [0.3, 0.4) is 0 Å². The van der Waals surface area contributed by atoms with Crippen molar-refractivity contribution in [2.75, 3.05) is 39.3 Å². The average molecular weight is 467 g/mol. The van der Waals surface area contributed by atoms with Crippen molar-refractivity contribution in [1.82, 2.24) is 15.1 Å². The van der Waals surface area contributed by atoms with Crippen LogP contribution in [0.1, 0.15) is 12.0 Å². The van der Waals surface area contributed by atoms with Gasteiger partial charge in [-0.15, -0.1) is 0 Å². The Bertz CT molecular complexity index is 768. The molecule has 0 atom stereocenters. The molecule has 0 radical (unpaired) electrons. The van der Waals surface area contributed by atoms with Crippen molar-refractivity contribution in [3.8, 4) is 5.75 Å². The molecule has 2 aromatic rings. The van der Waals surface area contributed by atoms with Crippen LogP contribution in [-0.4, -0.2) is 55.2 Å². The number of nitrogens with zero attached hydrogens (tertiary/aromatic N) is 2. The lowest BCUT2D eigenvalue weighted by atomic mass is 10.2. The number of piperazine rings is 1. The lowest BCUT2D eigenvalue weighted by Crippen LogP contribution is -2.51. The van der Waals surface area contributed by atoms with Gasteiger partial charge in [0.15, 0.2) is 0 Å². The molecule has 1 saturated heterocycles. The van der Waals surface area contributed by atoms with E-state index >= 15 is 0 Å². The Labute approximate surface area is 179 Å². The van der Waals surface area contributed by atoms with E-state index in [0.717, 1.165) is 43.6 Å². The number of urea groups is 1. The van der Waals surface area contributed by atoms with Gasteiger partial charge in [-0.2, -0.15) is 0 Å². The maximum Gasteiger partial charge on any atom is 0.317 e. The Hall–Kier alpha value is -1.76. The first kappa shape index (κ1) is 21.0. The molecule has 1 fully saturated rings. The molecule has 0 unspecified atom stereocenters. The lowest BCUT2D eigenvalue weighted by Gasteiger charge is -2.34. The number of hydrogen-bond acceptors (Lipinski definition) is 3. The van der Waals surface area contributed by atoms with Crippen molar-refractivity contribution in [2.24, 2.45) is 0 Å². The molecule has 2 aromatic carbocycles. The van der Waals surface area contributed by atoms with Crippen molar-refractivity contribution in [3.05, 3.63) is 63.6 Å². The highest BCUT2D eigenvalue weighted by atomic mass is 79.9. The van der Waals surface area contributed by atoms with Gasteiger partial charge in [-0.1, -0.05) is 57.9 Å². The molecule has 3 rings (SSSR count). The third kappa shape index (κ3) is 6.40. The van der Waals surface area contributed by atoms with Gasteiger partial charge in [-0.25, -0.2) is 4.79 Å². The zero-order chi connectivity index (χ0) is 19.8. The second kappa shape index (κ2) is 10.7. The summed E-state index contributed by atoms with van der Waals surface area (Å²) < 4.78 is 6.58. The van der Waals surface area contributed by atoms with Crippen molar-refractivity contribution in [3.63, 3.8) is 0 Å². The van der Waals surface area contributed by atoms with Gasteiger partial charge in [-0.3, -0.25) is 4.90 Å². The molecule has 0 aliphatic carbocycles. The molecular weight excluding hydrogens is 442 g/mol. The Kier molecular flexibility index (Phi) is 8.01. The van der Waals surface area contributed by atoms with E-state index in [9.17, 15) is 4.79 Å². The Morgan fingerprint density at radius 1 is 1.11 bits per heavy atom. The molecule has 7 heteroatoms. The second-order valence-electron chi connectivity index (χ2n) is 6.76. The van der Waals surface area contributed by atoms with Gasteiger partial charge in [0.05, 0.1) is 11.6 Å². The van der Waals surface area contributed by atoms with E-state index < -0.39 is 0 Å². The number of nitrogens with one attached hydrogen (secondary N) is 1. The first-order valence-electron chi connectivity index (χ1n) is 9.49. The number of amides is 2. The minimum absolute atomic E-state index is 0.000959. The smallest absolute Gasteiger partial charge is 0.317 e. The number of carbonyl (C=O) groups is 1. The van der Waals surface area contributed by atoms with E-state index in [1.165, 1.54) is 5.56 Å². The predicted octanol–water partition coefficient (Wildman–Crippen LogP) is 4.40. The largest absolute Gasteiger partial charge is 0.492 e. The van der Waals surface area contributed by atoms with Crippen LogP contribution in [0.15, 0.2) is 53.0 Å². The van der Waals surface area contributed by atoms with E-state index in [1.54, 1.807) is 6.07 Å². The zero-order valence-electron chi connectivity index (χ0n) is 15.7. The third-order valence-electron chi connectivity index (χ3n) is 4.66. The second-order valence-corrected chi connectivity index (χ2v) is 8.08. The molecule has 5 nitrogen and oxygen atoms in total. The first-order chi connectivity index (χ1) is 13.6. The van der Waals surface area contributed by atoms with Crippen LogP contribution in [0.4, 0.5) is 4.79 Å². The molecule has 1 N–H and O–H groups in total. The van der Waals surface area contributed by atoms with E-state index in [2.05, 4.69) is 50.4 Å². The van der Waals surface area contributed by atoms with E-state index in [1.807, 2.05) is 23.1 Å². The monoisotopic (exact) mass is 465 g/mol. The molecule has 1 aliphatic rings. The highest BCUT2D eigenvalue weighted by Crippen LogP contribution is 2.27. The number of rotatable bonds is 7. The molecule has 1 heterocycles. The van der Waals surface area contributed by atoms with Crippen LogP contribution >= 0.6 is 27.5 Å². The third-order valence-corrected chi connectivity index (χ3v) is 5.45. The zero-order valence-corrected chi connectivity index (χ0v) is 18.1. The molecule has 0 saturated carbocycles. The lowest BCUT2D eigenvalue weighted by molar-refractivity contribution is 0.135. The number of ether oxygens (including phenoxy) is 1. The Balaban J connectivity index is 1.30. The Morgan fingerprint density at radius 3 is 2.57 bits per heavy atom. The molecular formula is C21H25BrClN3O2. The van der Waals surface area contributed by atoms with Crippen LogP contribution in [-0.2, 0) is 6.54 Å². The molecule has 0 aromatic heterocycles. The maximum absolute atomic E-state index is 12.3. The topological polar surface area (TPSA) is 44.8 Å². The number of hydrogen-bond donors (Lipinski definition) is 1. The van der Waals surface area contributed by atoms with Gasteiger partial charge in [0.2, 0.25) is 0 Å². The van der Waals surface area contributed by atoms with Crippen molar-refractivity contribution in [1.29, 1.82) is 0 Å². The number of halogens is 2. The predicted molar refractivity (Wildman–Crippen MR) is 116 cm³/mol. The summed E-state index contributed by atoms with van der Waals surface area (Å²) >= 11 is 9.49. The SMILES string of the molecule is O=C(NCCCOc1ccc(Br)cc1Cl)N1CCN(Cc2ccccc2)CC1. The van der Waals surface area contributed by atoms with Crippen LogP contribution in [0, 0.1) is 0 Å². The summed E-state index contributed by atoms with van der Waals surface area (Å²) in [6.07, 6.45) is 0.728. The van der Waals surface area contributed by atoms with Gasteiger partial charge in [0.1, 0.15) is 5.75 Å². The minimum Gasteiger partial charge on any atom is -0.492 e. The summed E-state index contributed by atoms with van der Waals surface area (Å²) in [5.74, 6) is 0.658. The van der Waals surface area contributed by atoms with Crippen LogP contribution in [0.25, 0.3) is 0 Å². The molecule has 0 bridgehead atoms. The van der Waals surface area contributed by atoms with E-state index in [-0.39, 0.29) is 6.03 Å². The van der Waals surface area contributed by atoms with Crippen molar-refractivity contribution >= 4 is 33.6 Å². The normalized spacial score (nSPS) is 14.7. The summed E-state index contributed by atoms with van der Waals surface area (Å²) in [5, 5.41) is 3.55. The standard InChI is InChI=1S/C21H25BrClN3O2/c22-18-7-8-20(19(23)15-18)28-14-4-9-24-21(27)26-12-10-25(11-13-26)16-17-5-2-1-3-6-17/h1-3,5-8,15H,4,9-14,16H2,(H,24,27). The minimum atomic E-state index is 0.000959. The summed E-state index contributed by atoms with van der Waals surface area (Å²) in [4.78, 5) is 16.6. The quantitative estimate of drug-likeness (QED) is 0.615. The highest BCUT2D eigenvalue weighted by molar-refractivity contribution is 9.10. The summed E-state index contributed by atoms with van der Waals surface area (Å²) in [7, 11) is 0. The van der Waals surface area contributed by atoms with Gasteiger partial charge >= 0.3 is 6.03 Å². The molecule has 150 valence electrons. The van der Waals surface area contributed by atoms with Crippen LogP contribution in [0.5, 0.6) is 5.75 Å². The molecule has 0 spiro atoms. The fourth-order valence-electron chi connectivity index (χ4n) is 3.10. The molecule has 28 heavy (non-hydrogen) atoms. The van der Waals surface area contributed by atoms with Gasteiger partial charge in [-0.05, 0) is 30.2 Å². The summed E-state index contributed by atoms with van der Waals surface area (Å²) in [5.41, 5.74) is 1.31. The first-order valence-corrected chi connectivity index (χ1v) is 10.7. The van der Waals surface area contributed by atoms with Gasteiger partial charge < -0.3 is 15.0 Å². The molecule has 1 aliphatic heterocycles. The Morgan fingerprint density at radius 2 is 1.86 bits per heavy atom. The number of carbonyl (C=O) groups excluding carboxylic acids is 1. The number of benzene rings is 2. The summed E-state index contributed by atoms with van der Waals surface area (Å²) in [6, 6.07) is 16.0. The van der Waals surface area contributed by atoms with E-state index in [0.29, 0.717) is 23.9 Å². The van der Waals surface area contributed by atoms with Crippen LogP contribution < -0.4 is 10.1 Å². The highest BCUT2D eigenvalue weighted by Gasteiger charge is 2.20. The van der Waals surface area contributed by atoms with E-state index in [4.69, 9.17) is 16.3 Å². The fourth-order valence-corrected chi connectivity index (χ4v) is 3.83. The molecule has 2 amide bonds. The maximum atomic E-state index is 12.3. The van der Waals surface area contributed by atoms with Gasteiger partial charge in [0, 0.05) is 43.7 Å². The fraction of sp³-hybridized carbons (Fsp3) is 0.381. The summed E-state index contributed by atoms with van der Waals surface area (Å²) in [6.45, 7) is 5.32.